The smallest absolute Gasteiger partial charge is 0.225 e. The van der Waals surface area contributed by atoms with Crippen molar-refractivity contribution in [1.29, 1.82) is 0 Å². The van der Waals surface area contributed by atoms with E-state index < -0.39 is 0 Å². The van der Waals surface area contributed by atoms with E-state index in [1.54, 1.807) is 6.33 Å². The van der Waals surface area contributed by atoms with Crippen LogP contribution in [0.5, 0.6) is 0 Å². The zero-order chi connectivity index (χ0) is 17.1. The Morgan fingerprint density at radius 1 is 1.29 bits per heavy atom. The van der Waals surface area contributed by atoms with Crippen molar-refractivity contribution >= 4 is 17.5 Å². The minimum atomic E-state index is 0.0606. The summed E-state index contributed by atoms with van der Waals surface area (Å²) >= 11 is 6.26. The van der Waals surface area contributed by atoms with E-state index in [2.05, 4.69) is 10.1 Å². The monoisotopic (exact) mass is 346 g/mol. The Labute approximate surface area is 147 Å². The highest BCUT2D eigenvalue weighted by molar-refractivity contribution is 6.31. The number of carbonyl (C=O) groups excluding carboxylic acids is 1. The Kier molecular flexibility index (Phi) is 5.19. The molecular formula is C18H23ClN4O. The lowest BCUT2D eigenvalue weighted by molar-refractivity contribution is -0.135. The summed E-state index contributed by atoms with van der Waals surface area (Å²) in [7, 11) is 0. The third-order valence-corrected chi connectivity index (χ3v) is 4.96. The molecule has 1 saturated heterocycles. The predicted molar refractivity (Wildman–Crippen MR) is 94.0 cm³/mol. The third-order valence-electron chi connectivity index (χ3n) is 4.59. The lowest BCUT2D eigenvalue weighted by atomic mass is 9.95. The number of halogens is 1. The number of benzene rings is 1. The summed E-state index contributed by atoms with van der Waals surface area (Å²) in [6.07, 6.45) is 3.47. The number of likely N-dealkylation sites (tertiary alicyclic amines) is 1. The van der Waals surface area contributed by atoms with E-state index in [1.807, 2.05) is 47.7 Å². The highest BCUT2D eigenvalue weighted by atomic mass is 35.5. The SMILES string of the molecule is CC(C)C(=O)N1CCC(c2ncnn2Cc2ccccc2Cl)CC1. The van der Waals surface area contributed by atoms with Gasteiger partial charge in [-0.05, 0) is 24.5 Å². The molecule has 0 unspecified atom stereocenters. The van der Waals surface area contributed by atoms with Crippen molar-refractivity contribution in [3.63, 3.8) is 0 Å². The fourth-order valence-electron chi connectivity index (χ4n) is 3.22. The Bertz CT molecular complexity index is 705. The highest BCUT2D eigenvalue weighted by Crippen LogP contribution is 2.28. The van der Waals surface area contributed by atoms with Gasteiger partial charge >= 0.3 is 0 Å². The van der Waals surface area contributed by atoms with Gasteiger partial charge in [-0.2, -0.15) is 5.10 Å². The van der Waals surface area contributed by atoms with Crippen LogP contribution in [0.2, 0.25) is 5.02 Å². The van der Waals surface area contributed by atoms with Gasteiger partial charge in [0.05, 0.1) is 6.54 Å². The Hall–Kier alpha value is -1.88. The summed E-state index contributed by atoms with van der Waals surface area (Å²) in [5.41, 5.74) is 1.04. The standard InChI is InChI=1S/C18H23ClN4O/c1-13(2)18(24)22-9-7-14(8-10-22)17-20-12-21-23(17)11-15-5-3-4-6-16(15)19/h3-6,12-14H,7-11H2,1-2H3. The molecule has 1 aliphatic rings. The lowest BCUT2D eigenvalue weighted by Crippen LogP contribution is -2.40. The molecule has 5 nitrogen and oxygen atoms in total. The molecule has 1 aromatic carbocycles. The molecule has 1 fully saturated rings. The first-order valence-corrected chi connectivity index (χ1v) is 8.84. The largest absolute Gasteiger partial charge is 0.342 e. The molecule has 1 amide bonds. The Balaban J connectivity index is 1.68. The maximum absolute atomic E-state index is 12.1. The van der Waals surface area contributed by atoms with E-state index in [1.165, 1.54) is 0 Å². The first-order chi connectivity index (χ1) is 11.6. The first-order valence-electron chi connectivity index (χ1n) is 8.46. The van der Waals surface area contributed by atoms with Gasteiger partial charge < -0.3 is 4.90 Å². The number of hydrogen-bond acceptors (Lipinski definition) is 3. The van der Waals surface area contributed by atoms with Gasteiger partial charge in [-0.1, -0.05) is 43.6 Å². The zero-order valence-corrected chi connectivity index (χ0v) is 14.9. The maximum Gasteiger partial charge on any atom is 0.225 e. The normalized spacial score (nSPS) is 15.9. The number of aromatic nitrogens is 3. The summed E-state index contributed by atoms with van der Waals surface area (Å²) in [6.45, 7) is 6.12. The third kappa shape index (κ3) is 3.61. The van der Waals surface area contributed by atoms with E-state index in [4.69, 9.17) is 11.6 Å². The van der Waals surface area contributed by atoms with Gasteiger partial charge in [0.2, 0.25) is 5.91 Å². The van der Waals surface area contributed by atoms with Gasteiger partial charge in [-0.15, -0.1) is 0 Å². The number of rotatable bonds is 4. The molecule has 0 N–H and O–H groups in total. The van der Waals surface area contributed by atoms with E-state index in [0.717, 1.165) is 42.3 Å². The second kappa shape index (κ2) is 7.34. The molecule has 1 aliphatic heterocycles. The molecule has 0 spiro atoms. The van der Waals surface area contributed by atoms with Crippen LogP contribution in [-0.2, 0) is 11.3 Å². The molecule has 1 aromatic heterocycles. The number of amides is 1. The molecule has 0 saturated carbocycles. The van der Waals surface area contributed by atoms with Crippen LogP contribution in [0.3, 0.4) is 0 Å². The van der Waals surface area contributed by atoms with Gasteiger partial charge in [0.1, 0.15) is 12.2 Å². The van der Waals surface area contributed by atoms with Gasteiger partial charge in [-0.25, -0.2) is 9.67 Å². The second-order valence-electron chi connectivity index (χ2n) is 6.62. The van der Waals surface area contributed by atoms with Crippen molar-refractivity contribution in [3.05, 3.63) is 47.0 Å². The number of hydrogen-bond donors (Lipinski definition) is 0. The summed E-state index contributed by atoms with van der Waals surface area (Å²) < 4.78 is 1.94. The van der Waals surface area contributed by atoms with E-state index in [0.29, 0.717) is 12.5 Å². The van der Waals surface area contributed by atoms with Crippen LogP contribution in [0, 0.1) is 5.92 Å². The number of carbonyl (C=O) groups is 1. The van der Waals surface area contributed by atoms with Gasteiger partial charge in [0.25, 0.3) is 0 Å². The minimum absolute atomic E-state index is 0.0606. The molecule has 128 valence electrons. The Morgan fingerprint density at radius 2 is 2.00 bits per heavy atom. The van der Waals surface area contributed by atoms with Crippen molar-refractivity contribution in [2.24, 2.45) is 5.92 Å². The second-order valence-corrected chi connectivity index (χ2v) is 7.03. The van der Waals surface area contributed by atoms with E-state index >= 15 is 0 Å². The quantitative estimate of drug-likeness (QED) is 0.853. The number of piperidine rings is 1. The molecule has 0 bridgehead atoms. The van der Waals surface area contributed by atoms with Crippen LogP contribution >= 0.6 is 11.6 Å². The van der Waals surface area contributed by atoms with Crippen molar-refractivity contribution in [2.45, 2.75) is 39.2 Å². The topological polar surface area (TPSA) is 51.0 Å². The fraction of sp³-hybridized carbons (Fsp3) is 0.500. The molecule has 0 radical (unpaired) electrons. The molecule has 2 aromatic rings. The number of nitrogens with zero attached hydrogens (tertiary/aromatic N) is 4. The maximum atomic E-state index is 12.1. The lowest BCUT2D eigenvalue weighted by Gasteiger charge is -2.32. The van der Waals surface area contributed by atoms with Crippen LogP contribution < -0.4 is 0 Å². The minimum Gasteiger partial charge on any atom is -0.342 e. The molecule has 0 aliphatic carbocycles. The molecule has 24 heavy (non-hydrogen) atoms. The van der Waals surface area contributed by atoms with Gasteiger partial charge in [0, 0.05) is 29.9 Å². The van der Waals surface area contributed by atoms with Crippen LogP contribution in [0.25, 0.3) is 0 Å². The molecule has 0 atom stereocenters. The van der Waals surface area contributed by atoms with Crippen molar-refractivity contribution in [2.75, 3.05) is 13.1 Å². The fourth-order valence-corrected chi connectivity index (χ4v) is 3.42. The van der Waals surface area contributed by atoms with Gasteiger partial charge in [0.15, 0.2) is 0 Å². The highest BCUT2D eigenvalue weighted by Gasteiger charge is 2.27. The Morgan fingerprint density at radius 3 is 2.67 bits per heavy atom. The first kappa shape index (κ1) is 17.0. The molecule has 3 rings (SSSR count). The summed E-state index contributed by atoms with van der Waals surface area (Å²) in [5.74, 6) is 1.63. The van der Waals surface area contributed by atoms with Crippen molar-refractivity contribution in [3.8, 4) is 0 Å². The summed E-state index contributed by atoms with van der Waals surface area (Å²) in [5, 5.41) is 5.12. The van der Waals surface area contributed by atoms with Crippen LogP contribution in [-0.4, -0.2) is 38.7 Å². The average molecular weight is 347 g/mol. The zero-order valence-electron chi connectivity index (χ0n) is 14.2. The predicted octanol–water partition coefficient (Wildman–Crippen LogP) is 3.34. The van der Waals surface area contributed by atoms with Crippen molar-refractivity contribution < 1.29 is 4.79 Å². The van der Waals surface area contributed by atoms with Crippen LogP contribution in [0.15, 0.2) is 30.6 Å². The van der Waals surface area contributed by atoms with Crippen LogP contribution in [0.4, 0.5) is 0 Å². The van der Waals surface area contributed by atoms with E-state index in [-0.39, 0.29) is 11.8 Å². The molecule has 2 heterocycles. The molecular weight excluding hydrogens is 324 g/mol. The average Bonchev–Trinajstić information content (AvgIpc) is 3.04. The van der Waals surface area contributed by atoms with Crippen LogP contribution in [0.1, 0.15) is 44.0 Å². The summed E-state index contributed by atoms with van der Waals surface area (Å²) in [4.78, 5) is 18.6. The van der Waals surface area contributed by atoms with Crippen molar-refractivity contribution in [1.82, 2.24) is 19.7 Å². The van der Waals surface area contributed by atoms with E-state index in [9.17, 15) is 4.79 Å². The molecule has 6 heteroatoms. The van der Waals surface area contributed by atoms with Gasteiger partial charge in [-0.3, -0.25) is 4.79 Å². The summed E-state index contributed by atoms with van der Waals surface area (Å²) in [6, 6.07) is 7.81.